The van der Waals surface area contributed by atoms with Crippen molar-refractivity contribution >= 4 is 0 Å². The molecule has 0 radical (unpaired) electrons. The Morgan fingerprint density at radius 3 is 2.06 bits per heavy atom. The van der Waals surface area contributed by atoms with Crippen LogP contribution >= 0.6 is 0 Å². The Balaban J connectivity index is 1.81. The van der Waals surface area contributed by atoms with Gasteiger partial charge in [-0.15, -0.1) is 0 Å². The smallest absolute Gasteiger partial charge is 0.00749 e. The van der Waals surface area contributed by atoms with Gasteiger partial charge < -0.3 is 5.32 Å². The molecule has 1 heteroatoms. The lowest BCUT2D eigenvalue weighted by molar-refractivity contribution is 0.222. The lowest BCUT2D eigenvalue weighted by Crippen LogP contribution is -2.41. The molecule has 2 saturated carbocycles. The first-order valence-corrected chi connectivity index (χ1v) is 7.21. The average Bonchev–Trinajstić information content (AvgIpc) is 2.43. The Morgan fingerprint density at radius 1 is 0.938 bits per heavy atom. The van der Waals surface area contributed by atoms with Crippen molar-refractivity contribution in [2.24, 2.45) is 17.3 Å². The summed E-state index contributed by atoms with van der Waals surface area (Å²) in [5.41, 5.74) is 0.587. The summed E-state index contributed by atoms with van der Waals surface area (Å²) in [4.78, 5) is 0. The van der Waals surface area contributed by atoms with Crippen LogP contribution in [0.5, 0.6) is 0 Å². The van der Waals surface area contributed by atoms with Crippen molar-refractivity contribution in [2.75, 3.05) is 0 Å². The van der Waals surface area contributed by atoms with Gasteiger partial charge in [-0.05, 0) is 55.8 Å². The quantitative estimate of drug-likeness (QED) is 0.746. The summed E-state index contributed by atoms with van der Waals surface area (Å²) in [5, 5.41) is 3.93. The van der Waals surface area contributed by atoms with Gasteiger partial charge in [0.2, 0.25) is 0 Å². The lowest BCUT2D eigenvalue weighted by Gasteiger charge is -2.34. The highest BCUT2D eigenvalue weighted by Gasteiger charge is 2.33. The van der Waals surface area contributed by atoms with E-state index in [0.29, 0.717) is 5.41 Å². The molecular formula is C15H29N. The van der Waals surface area contributed by atoms with Gasteiger partial charge in [-0.25, -0.2) is 0 Å². The third-order valence-corrected chi connectivity index (χ3v) is 4.62. The van der Waals surface area contributed by atoms with E-state index in [9.17, 15) is 0 Å². The highest BCUT2D eigenvalue weighted by Crippen LogP contribution is 2.38. The molecule has 1 nitrogen and oxygen atoms in total. The second-order valence-corrected chi connectivity index (χ2v) is 7.38. The second-order valence-electron chi connectivity index (χ2n) is 7.38. The zero-order valence-electron chi connectivity index (χ0n) is 11.6. The van der Waals surface area contributed by atoms with Crippen LogP contribution in [0.4, 0.5) is 0 Å². The molecule has 3 unspecified atom stereocenters. The molecule has 16 heavy (non-hydrogen) atoms. The highest BCUT2D eigenvalue weighted by molar-refractivity contribution is 4.90. The molecule has 0 bridgehead atoms. The molecular weight excluding hydrogens is 194 g/mol. The Hall–Kier alpha value is -0.0400. The average molecular weight is 223 g/mol. The Morgan fingerprint density at radius 2 is 1.56 bits per heavy atom. The summed E-state index contributed by atoms with van der Waals surface area (Å²) < 4.78 is 0. The summed E-state index contributed by atoms with van der Waals surface area (Å²) in [6.07, 6.45) is 8.43. The molecule has 94 valence electrons. The minimum absolute atomic E-state index is 0.587. The third-order valence-electron chi connectivity index (χ3n) is 4.62. The monoisotopic (exact) mass is 223 g/mol. The van der Waals surface area contributed by atoms with Crippen molar-refractivity contribution in [3.63, 3.8) is 0 Å². The van der Waals surface area contributed by atoms with Crippen LogP contribution in [0.3, 0.4) is 0 Å². The van der Waals surface area contributed by atoms with Gasteiger partial charge in [0.15, 0.2) is 0 Å². The van der Waals surface area contributed by atoms with Crippen LogP contribution in [0, 0.1) is 17.3 Å². The molecule has 0 saturated heterocycles. The van der Waals surface area contributed by atoms with Gasteiger partial charge in [0, 0.05) is 12.1 Å². The molecule has 2 aliphatic carbocycles. The molecule has 2 rings (SSSR count). The van der Waals surface area contributed by atoms with Gasteiger partial charge in [-0.3, -0.25) is 0 Å². The molecule has 0 heterocycles. The van der Waals surface area contributed by atoms with Crippen molar-refractivity contribution in [1.82, 2.24) is 5.32 Å². The van der Waals surface area contributed by atoms with Gasteiger partial charge in [-0.2, -0.15) is 0 Å². The molecule has 0 aromatic rings. The van der Waals surface area contributed by atoms with Gasteiger partial charge in [-0.1, -0.05) is 27.7 Å². The maximum Gasteiger partial charge on any atom is 0.00749 e. The Kier molecular flexibility index (Phi) is 3.63. The summed E-state index contributed by atoms with van der Waals surface area (Å²) >= 11 is 0. The van der Waals surface area contributed by atoms with Crippen LogP contribution in [0.15, 0.2) is 0 Å². The summed E-state index contributed by atoms with van der Waals surface area (Å²) in [5.74, 6) is 1.85. The number of hydrogen-bond acceptors (Lipinski definition) is 1. The second kappa shape index (κ2) is 4.68. The first-order chi connectivity index (χ1) is 7.44. The van der Waals surface area contributed by atoms with Crippen LogP contribution < -0.4 is 5.32 Å². The first-order valence-electron chi connectivity index (χ1n) is 7.21. The van der Waals surface area contributed by atoms with Crippen LogP contribution in [-0.4, -0.2) is 12.1 Å². The SMILES string of the molecule is CC1CC(C)CC(NC2CCC(C)(C)C2)C1. The molecule has 3 atom stereocenters. The zero-order valence-corrected chi connectivity index (χ0v) is 11.6. The van der Waals surface area contributed by atoms with E-state index in [4.69, 9.17) is 0 Å². The van der Waals surface area contributed by atoms with Crippen molar-refractivity contribution < 1.29 is 0 Å². The summed E-state index contributed by atoms with van der Waals surface area (Å²) in [6, 6.07) is 1.61. The molecule has 2 aliphatic rings. The lowest BCUT2D eigenvalue weighted by atomic mass is 9.80. The topological polar surface area (TPSA) is 12.0 Å². The molecule has 0 amide bonds. The van der Waals surface area contributed by atoms with Crippen LogP contribution in [0.2, 0.25) is 0 Å². The summed E-state index contributed by atoms with van der Waals surface area (Å²) in [6.45, 7) is 9.67. The van der Waals surface area contributed by atoms with Crippen molar-refractivity contribution in [3.05, 3.63) is 0 Å². The first kappa shape index (κ1) is 12.4. The largest absolute Gasteiger partial charge is 0.311 e. The van der Waals surface area contributed by atoms with Crippen molar-refractivity contribution in [3.8, 4) is 0 Å². The number of rotatable bonds is 2. The van der Waals surface area contributed by atoms with Crippen molar-refractivity contribution in [2.45, 2.75) is 78.3 Å². The van der Waals surface area contributed by atoms with Gasteiger partial charge in [0.1, 0.15) is 0 Å². The van der Waals surface area contributed by atoms with Gasteiger partial charge in [0.05, 0.1) is 0 Å². The minimum Gasteiger partial charge on any atom is -0.311 e. The van der Waals surface area contributed by atoms with E-state index in [-0.39, 0.29) is 0 Å². The van der Waals surface area contributed by atoms with Gasteiger partial charge in [0.25, 0.3) is 0 Å². The van der Waals surface area contributed by atoms with E-state index in [1.165, 1.54) is 38.5 Å². The van der Waals surface area contributed by atoms with E-state index in [2.05, 4.69) is 33.0 Å². The van der Waals surface area contributed by atoms with E-state index in [1.54, 1.807) is 0 Å². The van der Waals surface area contributed by atoms with E-state index >= 15 is 0 Å². The predicted molar refractivity (Wildman–Crippen MR) is 70.5 cm³/mol. The zero-order chi connectivity index (χ0) is 11.8. The third kappa shape index (κ3) is 3.23. The minimum atomic E-state index is 0.587. The Bertz CT molecular complexity index is 224. The molecule has 0 aromatic carbocycles. The van der Waals surface area contributed by atoms with E-state index in [0.717, 1.165) is 23.9 Å². The molecule has 1 N–H and O–H groups in total. The molecule has 0 aromatic heterocycles. The fourth-order valence-corrected chi connectivity index (χ4v) is 3.99. The van der Waals surface area contributed by atoms with E-state index < -0.39 is 0 Å². The molecule has 0 aliphatic heterocycles. The fraction of sp³-hybridized carbons (Fsp3) is 1.00. The molecule has 2 fully saturated rings. The molecule has 0 spiro atoms. The maximum atomic E-state index is 3.93. The highest BCUT2D eigenvalue weighted by atomic mass is 15.0. The van der Waals surface area contributed by atoms with E-state index in [1.807, 2.05) is 0 Å². The maximum absolute atomic E-state index is 3.93. The van der Waals surface area contributed by atoms with Crippen LogP contribution in [-0.2, 0) is 0 Å². The van der Waals surface area contributed by atoms with Gasteiger partial charge >= 0.3 is 0 Å². The van der Waals surface area contributed by atoms with Crippen molar-refractivity contribution in [1.29, 1.82) is 0 Å². The standard InChI is InChI=1S/C15H29N/c1-11-7-12(2)9-14(8-11)16-13-5-6-15(3,4)10-13/h11-14,16H,5-10H2,1-4H3. The fourth-order valence-electron chi connectivity index (χ4n) is 3.99. The number of nitrogens with one attached hydrogen (secondary N) is 1. The summed E-state index contributed by atoms with van der Waals surface area (Å²) in [7, 11) is 0. The normalized spacial score (nSPS) is 43.5. The number of hydrogen-bond donors (Lipinski definition) is 1. The Labute approximate surface area is 101 Å². The van der Waals surface area contributed by atoms with Crippen LogP contribution in [0.1, 0.15) is 66.2 Å². The predicted octanol–water partition coefficient (Wildman–Crippen LogP) is 3.98. The van der Waals surface area contributed by atoms with Crippen LogP contribution in [0.25, 0.3) is 0 Å².